The molecule has 0 rings (SSSR count). The summed E-state index contributed by atoms with van der Waals surface area (Å²) in [6, 6.07) is 0. The van der Waals surface area contributed by atoms with Crippen molar-refractivity contribution in [1.82, 2.24) is 0 Å². The molecule has 0 aromatic heterocycles. The zero-order valence-corrected chi connectivity index (χ0v) is 5.57. The average molecular weight is 136 g/mol. The molecule has 0 heterocycles. The van der Waals surface area contributed by atoms with Gasteiger partial charge in [-0.3, -0.25) is 4.55 Å². The maximum Gasteiger partial charge on any atom is 0.290 e. The van der Waals surface area contributed by atoms with Crippen molar-refractivity contribution in [2.45, 2.75) is 13.8 Å². The van der Waals surface area contributed by atoms with Gasteiger partial charge in [0.2, 0.25) is 0 Å². The summed E-state index contributed by atoms with van der Waals surface area (Å²) in [5.41, 5.74) is 0. The Morgan fingerprint density at radius 2 is 2.00 bits per heavy atom. The topological polar surface area (TPSA) is 54.4 Å². The third kappa shape index (κ3) is 2.09. The maximum absolute atomic E-state index is 10.0. The highest BCUT2D eigenvalue weighted by Gasteiger charge is 2.03. The lowest BCUT2D eigenvalue weighted by Gasteiger charge is -1.89. The summed E-state index contributed by atoms with van der Waals surface area (Å²) in [6.45, 7) is 2.87. The van der Waals surface area contributed by atoms with Gasteiger partial charge in [0.25, 0.3) is 10.1 Å². The first kappa shape index (κ1) is 7.65. The number of hydrogen-bond acceptors (Lipinski definition) is 2. The monoisotopic (exact) mass is 136 g/mol. The van der Waals surface area contributed by atoms with Crippen LogP contribution in [0.3, 0.4) is 0 Å². The van der Waals surface area contributed by atoms with Crippen LogP contribution in [-0.2, 0) is 10.1 Å². The van der Waals surface area contributed by atoms with Gasteiger partial charge in [-0.25, -0.2) is 0 Å². The van der Waals surface area contributed by atoms with Gasteiger partial charge < -0.3 is 0 Å². The molecule has 0 aliphatic carbocycles. The van der Waals surface area contributed by atoms with Gasteiger partial charge in [-0.15, -0.1) is 0 Å². The average Bonchev–Trinajstić information content (AvgIpc) is 1.62. The summed E-state index contributed by atoms with van der Waals surface area (Å²) >= 11 is 0. The Labute approximate surface area is 48.8 Å². The minimum absolute atomic E-state index is 0.0162. The van der Waals surface area contributed by atoms with E-state index in [0.717, 1.165) is 0 Å². The molecule has 3 nitrogen and oxygen atoms in total. The SMILES string of the molecule is C/C=C(/C)S(=O)(=O)O. The summed E-state index contributed by atoms with van der Waals surface area (Å²) in [4.78, 5) is -0.0162. The second kappa shape index (κ2) is 2.28. The van der Waals surface area contributed by atoms with Gasteiger partial charge in [0, 0.05) is 0 Å². The molecule has 0 fully saturated rings. The van der Waals surface area contributed by atoms with Gasteiger partial charge >= 0.3 is 0 Å². The zero-order valence-electron chi connectivity index (χ0n) is 4.75. The van der Waals surface area contributed by atoms with Gasteiger partial charge in [0.05, 0.1) is 4.91 Å². The largest absolute Gasteiger partial charge is 0.290 e. The van der Waals surface area contributed by atoms with Crippen LogP contribution in [0, 0.1) is 0 Å². The summed E-state index contributed by atoms with van der Waals surface area (Å²) in [7, 11) is -3.89. The fraction of sp³-hybridized carbons (Fsp3) is 0.500. The summed E-state index contributed by atoms with van der Waals surface area (Å²) in [5, 5.41) is 0. The molecular formula is C4H8O3S. The molecule has 0 saturated heterocycles. The Balaban J connectivity index is 4.55. The van der Waals surface area contributed by atoms with E-state index in [4.69, 9.17) is 4.55 Å². The minimum atomic E-state index is -3.89. The summed E-state index contributed by atoms with van der Waals surface area (Å²) in [5.74, 6) is 0. The first-order valence-electron chi connectivity index (χ1n) is 2.09. The van der Waals surface area contributed by atoms with Gasteiger partial charge in [-0.1, -0.05) is 6.08 Å². The molecule has 0 spiro atoms. The van der Waals surface area contributed by atoms with E-state index >= 15 is 0 Å². The van der Waals surface area contributed by atoms with Crippen LogP contribution in [0.4, 0.5) is 0 Å². The van der Waals surface area contributed by atoms with E-state index in [9.17, 15) is 8.42 Å². The highest BCUT2D eigenvalue weighted by Crippen LogP contribution is 1.99. The molecule has 48 valence electrons. The lowest BCUT2D eigenvalue weighted by Crippen LogP contribution is -1.96. The predicted molar refractivity (Wildman–Crippen MR) is 31.0 cm³/mol. The van der Waals surface area contributed by atoms with Gasteiger partial charge in [-0.2, -0.15) is 8.42 Å². The molecule has 4 heteroatoms. The second-order valence-electron chi connectivity index (χ2n) is 1.37. The Morgan fingerprint density at radius 1 is 1.62 bits per heavy atom. The Morgan fingerprint density at radius 3 is 2.00 bits per heavy atom. The maximum atomic E-state index is 10.0. The van der Waals surface area contributed by atoms with E-state index in [1.165, 1.54) is 13.0 Å². The van der Waals surface area contributed by atoms with Crippen molar-refractivity contribution < 1.29 is 13.0 Å². The quantitative estimate of drug-likeness (QED) is 0.542. The molecule has 0 aromatic rings. The van der Waals surface area contributed by atoms with Crippen LogP contribution in [0.1, 0.15) is 13.8 Å². The van der Waals surface area contributed by atoms with Crippen molar-refractivity contribution in [1.29, 1.82) is 0 Å². The first-order valence-corrected chi connectivity index (χ1v) is 3.53. The van der Waals surface area contributed by atoms with E-state index in [1.54, 1.807) is 6.92 Å². The Kier molecular flexibility index (Phi) is 2.18. The van der Waals surface area contributed by atoms with E-state index in [2.05, 4.69) is 0 Å². The molecule has 0 atom stereocenters. The highest BCUT2D eigenvalue weighted by atomic mass is 32.2. The lowest BCUT2D eigenvalue weighted by atomic mass is 10.6. The van der Waals surface area contributed by atoms with Crippen LogP contribution in [0.2, 0.25) is 0 Å². The van der Waals surface area contributed by atoms with E-state index in [-0.39, 0.29) is 4.91 Å². The van der Waals surface area contributed by atoms with Crippen LogP contribution in [0.5, 0.6) is 0 Å². The van der Waals surface area contributed by atoms with Crippen LogP contribution < -0.4 is 0 Å². The number of allylic oxidation sites excluding steroid dienone is 2. The highest BCUT2D eigenvalue weighted by molar-refractivity contribution is 7.89. The van der Waals surface area contributed by atoms with Crippen molar-refractivity contribution >= 4 is 10.1 Å². The molecule has 0 unspecified atom stereocenters. The summed E-state index contributed by atoms with van der Waals surface area (Å²) < 4.78 is 28.3. The third-order valence-electron chi connectivity index (χ3n) is 0.813. The second-order valence-corrected chi connectivity index (χ2v) is 2.97. The van der Waals surface area contributed by atoms with Gasteiger partial charge in [0.1, 0.15) is 0 Å². The van der Waals surface area contributed by atoms with Crippen molar-refractivity contribution in [3.63, 3.8) is 0 Å². The van der Waals surface area contributed by atoms with Crippen molar-refractivity contribution in [3.8, 4) is 0 Å². The molecule has 1 N–H and O–H groups in total. The minimum Gasteiger partial charge on any atom is -0.282 e. The molecule has 0 radical (unpaired) electrons. The lowest BCUT2D eigenvalue weighted by molar-refractivity contribution is 0.491. The third-order valence-corrected chi connectivity index (χ3v) is 1.86. The summed E-state index contributed by atoms with van der Waals surface area (Å²) in [6.07, 6.45) is 1.33. The van der Waals surface area contributed by atoms with Crippen molar-refractivity contribution in [3.05, 3.63) is 11.0 Å². The molecule has 0 amide bonds. The molecular weight excluding hydrogens is 128 g/mol. The van der Waals surface area contributed by atoms with Crippen molar-refractivity contribution in [2.75, 3.05) is 0 Å². The predicted octanol–water partition coefficient (Wildman–Crippen LogP) is 0.798. The Hall–Kier alpha value is -0.350. The molecule has 0 aliphatic heterocycles. The van der Waals surface area contributed by atoms with E-state index in [1.807, 2.05) is 0 Å². The number of hydrogen-bond donors (Lipinski definition) is 1. The molecule has 0 bridgehead atoms. The Bertz CT molecular complexity index is 187. The van der Waals surface area contributed by atoms with E-state index in [0.29, 0.717) is 0 Å². The standard InChI is InChI=1S/C4H8O3S/c1-3-4(2)8(5,6)7/h3H,1-2H3,(H,5,6,7)/b4-3-. The first-order chi connectivity index (χ1) is 3.48. The fourth-order valence-electron chi connectivity index (χ4n) is 0.149. The van der Waals surface area contributed by atoms with Gasteiger partial charge in [0.15, 0.2) is 0 Å². The van der Waals surface area contributed by atoms with Crippen molar-refractivity contribution in [2.24, 2.45) is 0 Å². The molecule has 0 saturated carbocycles. The van der Waals surface area contributed by atoms with Crippen LogP contribution in [0.25, 0.3) is 0 Å². The molecule has 8 heavy (non-hydrogen) atoms. The van der Waals surface area contributed by atoms with E-state index < -0.39 is 10.1 Å². The van der Waals surface area contributed by atoms with Gasteiger partial charge in [-0.05, 0) is 13.8 Å². The van der Waals surface area contributed by atoms with Crippen LogP contribution in [0.15, 0.2) is 11.0 Å². The normalized spacial score (nSPS) is 14.1. The molecule has 0 aliphatic rings. The number of rotatable bonds is 1. The zero-order chi connectivity index (χ0) is 6.78. The van der Waals surface area contributed by atoms with Crippen LogP contribution in [-0.4, -0.2) is 13.0 Å². The fourth-order valence-corrected chi connectivity index (χ4v) is 0.447. The smallest absolute Gasteiger partial charge is 0.282 e. The van der Waals surface area contributed by atoms with Crippen LogP contribution >= 0.6 is 0 Å². The molecule has 0 aromatic carbocycles.